The van der Waals surface area contributed by atoms with Crippen molar-refractivity contribution in [3.8, 4) is 0 Å². The Bertz CT molecular complexity index is 429. The maximum absolute atomic E-state index is 12.0. The van der Waals surface area contributed by atoms with Gasteiger partial charge in [0.1, 0.15) is 5.82 Å². The van der Waals surface area contributed by atoms with Crippen molar-refractivity contribution in [3.05, 3.63) is 12.0 Å². The molecule has 1 unspecified atom stereocenters. The molecule has 0 fully saturated rings. The lowest BCUT2D eigenvalue weighted by Gasteiger charge is -2.21. The normalized spacial score (nSPS) is 14.5. The molecular formula is C8H14BrN3O2S. The topological polar surface area (TPSA) is 66.1 Å². The fourth-order valence-electron chi connectivity index (χ4n) is 1.02. The Morgan fingerprint density at radius 1 is 1.67 bits per heavy atom. The number of sulfonamides is 1. The number of imidazole rings is 1. The molecule has 1 aromatic rings. The van der Waals surface area contributed by atoms with Gasteiger partial charge < -0.3 is 4.98 Å². The van der Waals surface area contributed by atoms with Gasteiger partial charge in [-0.1, -0.05) is 15.9 Å². The minimum atomic E-state index is -3.44. The van der Waals surface area contributed by atoms with Crippen LogP contribution in [0.3, 0.4) is 0 Å². The molecule has 1 N–H and O–H groups in total. The molecule has 0 aromatic carbocycles. The van der Waals surface area contributed by atoms with Crippen molar-refractivity contribution in [3.63, 3.8) is 0 Å². The fraction of sp³-hybridized carbons (Fsp3) is 0.625. The third-order valence-electron chi connectivity index (χ3n) is 2.18. The van der Waals surface area contributed by atoms with Gasteiger partial charge in [-0.2, -0.15) is 4.31 Å². The molecule has 7 heteroatoms. The molecule has 5 nitrogen and oxygen atoms in total. The highest BCUT2D eigenvalue weighted by Gasteiger charge is 2.26. The molecule has 1 heterocycles. The molecule has 0 saturated heterocycles. The van der Waals surface area contributed by atoms with Gasteiger partial charge in [0.15, 0.2) is 5.03 Å². The smallest absolute Gasteiger partial charge is 0.260 e. The van der Waals surface area contributed by atoms with Crippen LogP contribution in [0.4, 0.5) is 0 Å². The molecule has 0 aliphatic heterocycles. The van der Waals surface area contributed by atoms with Crippen molar-refractivity contribution in [1.29, 1.82) is 0 Å². The third kappa shape index (κ3) is 2.59. The van der Waals surface area contributed by atoms with Gasteiger partial charge in [-0.05, 0) is 13.8 Å². The second kappa shape index (κ2) is 4.63. The molecule has 1 atom stereocenters. The number of nitrogens with one attached hydrogen (secondary N) is 1. The molecule has 0 aliphatic rings. The Kier molecular flexibility index (Phi) is 3.91. The van der Waals surface area contributed by atoms with Crippen LogP contribution in [0, 0.1) is 6.92 Å². The summed E-state index contributed by atoms with van der Waals surface area (Å²) >= 11 is 3.25. The van der Waals surface area contributed by atoms with E-state index in [4.69, 9.17) is 0 Å². The molecule has 0 radical (unpaired) electrons. The van der Waals surface area contributed by atoms with E-state index in [1.807, 2.05) is 6.92 Å². The van der Waals surface area contributed by atoms with E-state index in [2.05, 4.69) is 25.9 Å². The van der Waals surface area contributed by atoms with Crippen LogP contribution in [0.1, 0.15) is 12.7 Å². The maximum atomic E-state index is 12.0. The summed E-state index contributed by atoms with van der Waals surface area (Å²) < 4.78 is 25.3. The Hall–Kier alpha value is -0.400. The zero-order chi connectivity index (χ0) is 11.6. The van der Waals surface area contributed by atoms with Gasteiger partial charge >= 0.3 is 0 Å². The van der Waals surface area contributed by atoms with Crippen molar-refractivity contribution in [2.24, 2.45) is 0 Å². The molecule has 1 rings (SSSR count). The number of halogens is 1. The molecular weight excluding hydrogens is 282 g/mol. The monoisotopic (exact) mass is 295 g/mol. The van der Waals surface area contributed by atoms with Crippen molar-refractivity contribution in [2.45, 2.75) is 24.9 Å². The summed E-state index contributed by atoms with van der Waals surface area (Å²) in [5, 5.41) is 0.728. The zero-order valence-corrected chi connectivity index (χ0v) is 11.3. The number of aromatic amines is 1. The third-order valence-corrected chi connectivity index (χ3v) is 5.00. The van der Waals surface area contributed by atoms with Crippen LogP contribution in [-0.2, 0) is 10.0 Å². The highest BCUT2D eigenvalue weighted by Crippen LogP contribution is 2.15. The summed E-state index contributed by atoms with van der Waals surface area (Å²) in [5.74, 6) is 0.591. The second-order valence-electron chi connectivity index (χ2n) is 3.36. The molecule has 0 spiro atoms. The van der Waals surface area contributed by atoms with Crippen LogP contribution < -0.4 is 0 Å². The van der Waals surface area contributed by atoms with Crippen molar-refractivity contribution in [2.75, 3.05) is 12.4 Å². The maximum Gasteiger partial charge on any atom is 0.260 e. The molecule has 86 valence electrons. The van der Waals surface area contributed by atoms with E-state index in [-0.39, 0.29) is 11.1 Å². The highest BCUT2D eigenvalue weighted by molar-refractivity contribution is 9.09. The van der Waals surface area contributed by atoms with Crippen LogP contribution in [0.5, 0.6) is 0 Å². The summed E-state index contributed by atoms with van der Waals surface area (Å²) in [5.41, 5.74) is 0. The van der Waals surface area contributed by atoms with Gasteiger partial charge in [0, 0.05) is 18.4 Å². The first-order valence-electron chi connectivity index (χ1n) is 4.45. The predicted molar refractivity (Wildman–Crippen MR) is 61.5 cm³/mol. The average Bonchev–Trinajstić information content (AvgIpc) is 2.63. The summed E-state index contributed by atoms with van der Waals surface area (Å²) in [7, 11) is -1.89. The van der Waals surface area contributed by atoms with E-state index in [0.29, 0.717) is 11.2 Å². The van der Waals surface area contributed by atoms with Gasteiger partial charge in [-0.25, -0.2) is 13.4 Å². The Balaban J connectivity index is 3.03. The number of alkyl halides is 1. The van der Waals surface area contributed by atoms with Gasteiger partial charge in [0.05, 0.1) is 6.20 Å². The van der Waals surface area contributed by atoms with Gasteiger partial charge in [0.25, 0.3) is 10.0 Å². The van der Waals surface area contributed by atoms with Crippen molar-refractivity contribution in [1.82, 2.24) is 14.3 Å². The lowest BCUT2D eigenvalue weighted by Crippen LogP contribution is -2.36. The standard InChI is InChI=1S/C8H14BrN3O2S/c1-6(4-9)12(3)15(13,14)8-5-10-7(2)11-8/h5-6H,4H2,1-3H3,(H,10,11). The van der Waals surface area contributed by atoms with Crippen molar-refractivity contribution < 1.29 is 8.42 Å². The number of nitrogens with zero attached hydrogens (tertiary/aromatic N) is 2. The first-order chi connectivity index (χ1) is 6.89. The number of hydrogen-bond donors (Lipinski definition) is 1. The number of hydrogen-bond acceptors (Lipinski definition) is 3. The fourth-order valence-corrected chi connectivity index (χ4v) is 2.97. The lowest BCUT2D eigenvalue weighted by atomic mass is 10.4. The number of H-pyrrole nitrogens is 1. The van der Waals surface area contributed by atoms with Crippen LogP contribution >= 0.6 is 15.9 Å². The molecule has 0 amide bonds. The van der Waals surface area contributed by atoms with E-state index >= 15 is 0 Å². The summed E-state index contributed by atoms with van der Waals surface area (Å²) in [6.07, 6.45) is 1.34. The SMILES string of the molecule is Cc1ncc(S(=O)(=O)N(C)C(C)CBr)[nH]1. The predicted octanol–water partition coefficient (Wildman–Crippen LogP) is 1.12. The van der Waals surface area contributed by atoms with Gasteiger partial charge in [0.2, 0.25) is 0 Å². The largest absolute Gasteiger partial charge is 0.332 e. The average molecular weight is 296 g/mol. The van der Waals surface area contributed by atoms with E-state index in [1.54, 1.807) is 14.0 Å². The quantitative estimate of drug-likeness (QED) is 0.847. The van der Waals surface area contributed by atoms with E-state index in [9.17, 15) is 8.42 Å². The first-order valence-corrected chi connectivity index (χ1v) is 7.01. The summed E-state index contributed by atoms with van der Waals surface area (Å²) in [6.45, 7) is 3.54. The minimum absolute atomic E-state index is 0.0985. The molecule has 0 bridgehead atoms. The summed E-state index contributed by atoms with van der Waals surface area (Å²) in [6, 6.07) is -0.0985. The first kappa shape index (κ1) is 12.7. The molecule has 0 saturated carbocycles. The molecule has 15 heavy (non-hydrogen) atoms. The Labute approximate surface area is 98.1 Å². The summed E-state index contributed by atoms with van der Waals surface area (Å²) in [4.78, 5) is 6.60. The van der Waals surface area contributed by atoms with E-state index in [1.165, 1.54) is 10.5 Å². The zero-order valence-electron chi connectivity index (χ0n) is 8.86. The van der Waals surface area contributed by atoms with Crippen LogP contribution in [0.15, 0.2) is 11.2 Å². The second-order valence-corrected chi connectivity index (χ2v) is 5.97. The Morgan fingerprint density at radius 2 is 2.27 bits per heavy atom. The number of aromatic nitrogens is 2. The van der Waals surface area contributed by atoms with E-state index in [0.717, 1.165) is 0 Å². The minimum Gasteiger partial charge on any atom is -0.332 e. The van der Waals surface area contributed by atoms with E-state index < -0.39 is 10.0 Å². The van der Waals surface area contributed by atoms with Crippen LogP contribution in [0.2, 0.25) is 0 Å². The molecule has 0 aliphatic carbocycles. The van der Waals surface area contributed by atoms with Gasteiger partial charge in [-0.3, -0.25) is 0 Å². The van der Waals surface area contributed by atoms with Gasteiger partial charge in [-0.15, -0.1) is 0 Å². The van der Waals surface area contributed by atoms with Crippen molar-refractivity contribution >= 4 is 26.0 Å². The van der Waals surface area contributed by atoms with Crippen LogP contribution in [0.25, 0.3) is 0 Å². The number of aryl methyl sites for hydroxylation is 1. The van der Waals surface area contributed by atoms with Crippen LogP contribution in [-0.4, -0.2) is 41.1 Å². The molecule has 1 aromatic heterocycles. The number of rotatable bonds is 4. The lowest BCUT2D eigenvalue weighted by molar-refractivity contribution is 0.414. The highest BCUT2D eigenvalue weighted by atomic mass is 79.9. The Morgan fingerprint density at radius 3 is 2.67 bits per heavy atom.